The summed E-state index contributed by atoms with van der Waals surface area (Å²) in [5.41, 5.74) is 15.2. The lowest BCUT2D eigenvalue weighted by atomic mass is 9.95. The molecule has 0 radical (unpaired) electrons. The van der Waals surface area contributed by atoms with E-state index in [1.54, 1.807) is 0 Å². The number of aryl methyl sites for hydroxylation is 2. The van der Waals surface area contributed by atoms with Crippen LogP contribution in [0.5, 0.6) is 0 Å². The van der Waals surface area contributed by atoms with Gasteiger partial charge in [0, 0.05) is 56.2 Å². The third kappa shape index (κ3) is 6.30. The van der Waals surface area contributed by atoms with Gasteiger partial charge in [-0.15, -0.1) is 0 Å². The Balaban J connectivity index is 1.21. The fourth-order valence-corrected chi connectivity index (χ4v) is 9.09. The molecule has 11 rings (SSSR count). The molecular formula is C58H42N2O. The van der Waals surface area contributed by atoms with Gasteiger partial charge in [-0.3, -0.25) is 0 Å². The minimum atomic E-state index is 0.840. The number of hydrogen-bond acceptors (Lipinski definition) is 3. The number of benzene rings is 10. The molecule has 0 amide bonds. The molecule has 0 spiro atoms. The van der Waals surface area contributed by atoms with Crippen molar-refractivity contribution in [2.45, 2.75) is 13.8 Å². The van der Waals surface area contributed by atoms with Gasteiger partial charge in [0.05, 0.1) is 22.7 Å². The van der Waals surface area contributed by atoms with Crippen LogP contribution in [-0.2, 0) is 0 Å². The van der Waals surface area contributed by atoms with Crippen LogP contribution in [0, 0.1) is 13.8 Å². The van der Waals surface area contributed by atoms with Crippen LogP contribution >= 0.6 is 0 Å². The second-order valence-corrected chi connectivity index (χ2v) is 15.8. The van der Waals surface area contributed by atoms with Crippen molar-refractivity contribution in [3.8, 4) is 22.3 Å². The Bertz CT molecular complexity index is 3140. The fourth-order valence-electron chi connectivity index (χ4n) is 9.09. The minimum Gasteiger partial charge on any atom is -0.456 e. The quantitative estimate of drug-likeness (QED) is 0.153. The maximum Gasteiger partial charge on any atom is 0.138 e. The Morgan fingerprint density at radius 3 is 1.07 bits per heavy atom. The lowest BCUT2D eigenvalue weighted by Crippen LogP contribution is -2.12. The Labute approximate surface area is 356 Å². The van der Waals surface area contributed by atoms with Crippen molar-refractivity contribution in [3.63, 3.8) is 0 Å². The van der Waals surface area contributed by atoms with Crippen LogP contribution < -0.4 is 9.80 Å². The summed E-state index contributed by atoms with van der Waals surface area (Å²) in [4.78, 5) is 4.81. The molecule has 0 atom stereocenters. The number of fused-ring (bicyclic) bond motifs is 7. The normalized spacial score (nSPS) is 11.4. The molecule has 0 aliphatic carbocycles. The zero-order chi connectivity index (χ0) is 40.9. The van der Waals surface area contributed by atoms with Gasteiger partial charge in [0.25, 0.3) is 0 Å². The maximum absolute atomic E-state index is 7.21. The van der Waals surface area contributed by atoms with E-state index in [1.807, 2.05) is 0 Å². The Morgan fingerprint density at radius 2 is 0.656 bits per heavy atom. The minimum absolute atomic E-state index is 0.840. The van der Waals surface area contributed by atoms with Gasteiger partial charge in [-0.25, -0.2) is 0 Å². The van der Waals surface area contributed by atoms with E-state index in [-0.39, 0.29) is 0 Å². The second kappa shape index (κ2) is 15.1. The smallest absolute Gasteiger partial charge is 0.138 e. The molecule has 0 saturated carbocycles. The van der Waals surface area contributed by atoms with Gasteiger partial charge in [-0.1, -0.05) is 181 Å². The molecule has 10 aromatic carbocycles. The van der Waals surface area contributed by atoms with E-state index in [0.717, 1.165) is 99.9 Å². The first-order chi connectivity index (χ1) is 30.1. The molecule has 0 fully saturated rings. The Morgan fingerprint density at radius 1 is 0.311 bits per heavy atom. The van der Waals surface area contributed by atoms with Crippen LogP contribution in [-0.4, -0.2) is 0 Å². The van der Waals surface area contributed by atoms with Crippen molar-refractivity contribution in [2.75, 3.05) is 9.80 Å². The highest BCUT2D eigenvalue weighted by molar-refractivity contribution is 6.30. The standard InChI is InChI=1S/C58H42N2O/c1-39-29-33-43(34-30-39)59(51-27-15-13-21-45(51)41-17-5-3-6-18-41)53-37-55-57(49-25-11-9-23-47(49)53)58-50-26-12-10-24-48(50)54(38-56(58)61-55)60(44-35-31-40(2)32-36-44)52-28-16-14-22-46(52)42-19-7-4-8-20-42/h3-38H,1-2H3. The van der Waals surface area contributed by atoms with E-state index in [2.05, 4.69) is 242 Å². The average molecular weight is 783 g/mol. The second-order valence-electron chi connectivity index (χ2n) is 15.8. The summed E-state index contributed by atoms with van der Waals surface area (Å²) in [5.74, 6) is 0. The largest absolute Gasteiger partial charge is 0.456 e. The van der Waals surface area contributed by atoms with Crippen LogP contribution in [0.25, 0.3) is 65.7 Å². The van der Waals surface area contributed by atoms with E-state index in [0.29, 0.717) is 0 Å². The molecule has 3 heteroatoms. The summed E-state index contributed by atoms with van der Waals surface area (Å²) >= 11 is 0. The highest BCUT2D eigenvalue weighted by Gasteiger charge is 2.26. The summed E-state index contributed by atoms with van der Waals surface area (Å²) in [7, 11) is 0. The summed E-state index contributed by atoms with van der Waals surface area (Å²) < 4.78 is 7.21. The van der Waals surface area contributed by atoms with Crippen LogP contribution in [0.2, 0.25) is 0 Å². The van der Waals surface area contributed by atoms with Crippen LogP contribution in [0.3, 0.4) is 0 Å². The zero-order valence-corrected chi connectivity index (χ0v) is 34.1. The van der Waals surface area contributed by atoms with Gasteiger partial charge < -0.3 is 14.2 Å². The Kier molecular flexibility index (Phi) is 8.94. The summed E-state index contributed by atoms with van der Waals surface area (Å²) in [6, 6.07) is 78.5. The summed E-state index contributed by atoms with van der Waals surface area (Å²) in [6.07, 6.45) is 0. The third-order valence-corrected chi connectivity index (χ3v) is 12.0. The SMILES string of the molecule is Cc1ccc(N(c2ccccc2-c2ccccc2)c2cc3oc4cc(N(c5ccc(C)cc5)c5ccccc5-c5ccccc5)c5ccccc5c4c3c3ccccc23)cc1. The molecule has 0 aliphatic heterocycles. The number of hydrogen-bond donors (Lipinski definition) is 0. The van der Waals surface area contributed by atoms with Crippen LogP contribution in [0.4, 0.5) is 34.1 Å². The molecule has 1 aromatic heterocycles. The van der Waals surface area contributed by atoms with Gasteiger partial charge in [-0.05, 0) is 72.1 Å². The first kappa shape index (κ1) is 36.2. The molecule has 1 heterocycles. The molecule has 3 nitrogen and oxygen atoms in total. The number of para-hydroxylation sites is 2. The van der Waals surface area contributed by atoms with Gasteiger partial charge in [0.15, 0.2) is 0 Å². The zero-order valence-electron chi connectivity index (χ0n) is 34.1. The lowest BCUT2D eigenvalue weighted by Gasteiger charge is -2.29. The molecule has 0 unspecified atom stereocenters. The first-order valence-corrected chi connectivity index (χ1v) is 20.9. The molecular weight excluding hydrogens is 741 g/mol. The molecule has 0 saturated heterocycles. The van der Waals surface area contributed by atoms with E-state index < -0.39 is 0 Å². The third-order valence-electron chi connectivity index (χ3n) is 12.0. The fraction of sp³-hybridized carbons (Fsp3) is 0.0345. The topological polar surface area (TPSA) is 19.6 Å². The molecule has 290 valence electrons. The van der Waals surface area contributed by atoms with Crippen molar-refractivity contribution in [3.05, 3.63) is 230 Å². The van der Waals surface area contributed by atoms with Crippen molar-refractivity contribution in [1.82, 2.24) is 0 Å². The first-order valence-electron chi connectivity index (χ1n) is 20.9. The number of rotatable bonds is 8. The van der Waals surface area contributed by atoms with Crippen LogP contribution in [0.1, 0.15) is 11.1 Å². The van der Waals surface area contributed by atoms with Gasteiger partial charge in [-0.2, -0.15) is 0 Å². The monoisotopic (exact) mass is 782 g/mol. The van der Waals surface area contributed by atoms with Gasteiger partial charge in [0.2, 0.25) is 0 Å². The van der Waals surface area contributed by atoms with Gasteiger partial charge in [0.1, 0.15) is 11.2 Å². The van der Waals surface area contributed by atoms with Crippen molar-refractivity contribution < 1.29 is 4.42 Å². The molecule has 0 bridgehead atoms. The molecule has 0 aliphatic rings. The number of nitrogens with zero attached hydrogens (tertiary/aromatic N) is 2. The summed E-state index contributed by atoms with van der Waals surface area (Å²) in [6.45, 7) is 4.28. The average Bonchev–Trinajstić information content (AvgIpc) is 3.70. The molecule has 0 N–H and O–H groups in total. The van der Waals surface area contributed by atoms with E-state index in [9.17, 15) is 0 Å². The number of anilines is 6. The van der Waals surface area contributed by atoms with E-state index in [4.69, 9.17) is 4.42 Å². The van der Waals surface area contributed by atoms with Crippen molar-refractivity contribution in [1.29, 1.82) is 0 Å². The van der Waals surface area contributed by atoms with E-state index in [1.165, 1.54) is 11.1 Å². The Hall–Kier alpha value is -7.88. The lowest BCUT2D eigenvalue weighted by molar-refractivity contribution is 0.669. The molecule has 61 heavy (non-hydrogen) atoms. The summed E-state index contributed by atoms with van der Waals surface area (Å²) in [5, 5.41) is 6.81. The predicted molar refractivity (Wildman–Crippen MR) is 258 cm³/mol. The van der Waals surface area contributed by atoms with Crippen LogP contribution in [0.15, 0.2) is 223 Å². The maximum atomic E-state index is 7.21. The predicted octanol–water partition coefficient (Wildman–Crippen LogP) is 16.8. The molecule has 11 aromatic rings. The van der Waals surface area contributed by atoms with Gasteiger partial charge >= 0.3 is 0 Å². The highest BCUT2D eigenvalue weighted by atomic mass is 16.3. The highest BCUT2D eigenvalue weighted by Crippen LogP contribution is 2.51. The van der Waals surface area contributed by atoms with Crippen molar-refractivity contribution in [2.24, 2.45) is 0 Å². The number of furan rings is 1. The van der Waals surface area contributed by atoms with E-state index >= 15 is 0 Å². The van der Waals surface area contributed by atoms with Crippen molar-refractivity contribution >= 4 is 77.6 Å².